The largest absolute Gasteiger partial charge is 0.317 e. The predicted octanol–water partition coefficient (Wildman–Crippen LogP) is 5.07. The van der Waals surface area contributed by atoms with Crippen LogP contribution in [0.25, 0.3) is 11.4 Å². The highest BCUT2D eigenvalue weighted by Crippen LogP contribution is 2.49. The smallest absolute Gasteiger partial charge is 0.228 e. The number of carbonyl (C=O) groups is 1. The number of anilines is 1. The minimum Gasteiger partial charge on any atom is -0.317 e. The van der Waals surface area contributed by atoms with Gasteiger partial charge in [0, 0.05) is 42.1 Å². The van der Waals surface area contributed by atoms with Gasteiger partial charge in [0.05, 0.1) is 5.54 Å². The van der Waals surface area contributed by atoms with E-state index in [0.29, 0.717) is 24.4 Å². The minimum absolute atomic E-state index is 0.0989. The summed E-state index contributed by atoms with van der Waals surface area (Å²) in [5.41, 5.74) is 3.98. The maximum Gasteiger partial charge on any atom is 0.228 e. The van der Waals surface area contributed by atoms with Crippen LogP contribution in [-0.2, 0) is 16.8 Å². The highest BCUT2D eigenvalue weighted by atomic mass is 35.5. The van der Waals surface area contributed by atoms with E-state index in [1.807, 2.05) is 41.6 Å². The van der Waals surface area contributed by atoms with Gasteiger partial charge >= 0.3 is 0 Å². The lowest BCUT2D eigenvalue weighted by Gasteiger charge is -2.34. The van der Waals surface area contributed by atoms with Crippen LogP contribution in [0.1, 0.15) is 29.5 Å². The molecule has 32 heavy (non-hydrogen) atoms. The van der Waals surface area contributed by atoms with Gasteiger partial charge in [-0.3, -0.25) is 9.69 Å². The first kappa shape index (κ1) is 19.3. The molecule has 1 atom stereocenters. The molecule has 6 rings (SSSR count). The van der Waals surface area contributed by atoms with E-state index in [-0.39, 0.29) is 5.91 Å². The monoisotopic (exact) mass is 440 g/mol. The van der Waals surface area contributed by atoms with Gasteiger partial charge < -0.3 is 4.57 Å². The number of amides is 1. The summed E-state index contributed by atoms with van der Waals surface area (Å²) in [7, 11) is 0. The van der Waals surface area contributed by atoms with Crippen LogP contribution in [0, 0.1) is 0 Å². The number of nitrogens with zero attached hydrogens (tertiary/aromatic N) is 4. The Kier molecular flexibility index (Phi) is 4.40. The lowest BCUT2D eigenvalue weighted by atomic mass is 9.79. The van der Waals surface area contributed by atoms with Crippen molar-refractivity contribution in [3.63, 3.8) is 0 Å². The molecule has 158 valence electrons. The topological polar surface area (TPSA) is 51.0 Å². The van der Waals surface area contributed by atoms with Crippen molar-refractivity contribution in [2.75, 3.05) is 11.4 Å². The van der Waals surface area contributed by atoms with Crippen molar-refractivity contribution in [3.05, 3.63) is 101 Å². The molecule has 4 aromatic rings. The predicted molar refractivity (Wildman–Crippen MR) is 125 cm³/mol. The standard InChI is InChI=1S/C26H21ClN4O/c27-20-9-7-19(8-10-20)26(22-6-2-1-5-21(22)25-29-15-17-31(25)26)13-11-23(32)30-16-12-18-4-3-14-28-24(18)30/h1-10,14-15,17H,11-13,16H2. The third-order valence-corrected chi connectivity index (χ3v) is 6.97. The molecule has 0 bridgehead atoms. The number of hydrogen-bond donors (Lipinski definition) is 0. The van der Waals surface area contributed by atoms with Gasteiger partial charge in [-0.25, -0.2) is 9.97 Å². The summed E-state index contributed by atoms with van der Waals surface area (Å²) in [6.07, 6.45) is 7.47. The number of carbonyl (C=O) groups excluding carboxylic acids is 1. The van der Waals surface area contributed by atoms with E-state index >= 15 is 0 Å². The van der Waals surface area contributed by atoms with Gasteiger partial charge in [-0.1, -0.05) is 54.1 Å². The Morgan fingerprint density at radius 3 is 2.72 bits per heavy atom. The second-order valence-corrected chi connectivity index (χ2v) is 8.75. The van der Waals surface area contributed by atoms with E-state index in [1.54, 1.807) is 6.20 Å². The number of pyridine rings is 1. The molecule has 4 heterocycles. The maximum absolute atomic E-state index is 13.4. The molecule has 2 aliphatic rings. The van der Waals surface area contributed by atoms with E-state index in [9.17, 15) is 4.79 Å². The van der Waals surface area contributed by atoms with Gasteiger partial charge in [0.15, 0.2) is 0 Å². The fraction of sp³-hybridized carbons (Fsp3) is 0.192. The highest BCUT2D eigenvalue weighted by molar-refractivity contribution is 6.30. The molecule has 2 aromatic heterocycles. The Bertz CT molecular complexity index is 1330. The fourth-order valence-electron chi connectivity index (χ4n) is 5.27. The second kappa shape index (κ2) is 7.31. The first-order valence-electron chi connectivity index (χ1n) is 10.8. The van der Waals surface area contributed by atoms with Gasteiger partial charge in [-0.2, -0.15) is 0 Å². The van der Waals surface area contributed by atoms with Crippen molar-refractivity contribution >= 4 is 23.3 Å². The van der Waals surface area contributed by atoms with E-state index in [0.717, 1.165) is 40.3 Å². The van der Waals surface area contributed by atoms with Crippen LogP contribution in [0.3, 0.4) is 0 Å². The van der Waals surface area contributed by atoms with Gasteiger partial charge in [-0.15, -0.1) is 0 Å². The molecule has 0 aliphatic carbocycles. The molecule has 1 amide bonds. The fourth-order valence-corrected chi connectivity index (χ4v) is 5.40. The molecule has 0 fully saturated rings. The molecule has 6 heteroatoms. The Balaban J connectivity index is 1.42. The van der Waals surface area contributed by atoms with Gasteiger partial charge in [0.1, 0.15) is 11.6 Å². The molecule has 2 aliphatic heterocycles. The molecule has 0 spiro atoms. The van der Waals surface area contributed by atoms with E-state index in [4.69, 9.17) is 11.6 Å². The van der Waals surface area contributed by atoms with Crippen molar-refractivity contribution in [2.24, 2.45) is 0 Å². The number of hydrogen-bond acceptors (Lipinski definition) is 3. The molecule has 0 N–H and O–H groups in total. The quantitative estimate of drug-likeness (QED) is 0.445. The van der Waals surface area contributed by atoms with Crippen LogP contribution in [0.2, 0.25) is 5.02 Å². The summed E-state index contributed by atoms with van der Waals surface area (Å²) in [6.45, 7) is 0.687. The number of rotatable bonds is 4. The van der Waals surface area contributed by atoms with E-state index in [1.165, 1.54) is 0 Å². The molecule has 1 unspecified atom stereocenters. The Morgan fingerprint density at radius 1 is 1.00 bits per heavy atom. The minimum atomic E-state index is -0.519. The first-order chi connectivity index (χ1) is 15.7. The van der Waals surface area contributed by atoms with E-state index in [2.05, 4.69) is 50.9 Å². The average Bonchev–Trinajstić information content (AvgIpc) is 3.53. The molecular weight excluding hydrogens is 420 g/mol. The van der Waals surface area contributed by atoms with Gasteiger partial charge in [-0.05, 0) is 47.7 Å². The third-order valence-electron chi connectivity index (χ3n) is 6.72. The second-order valence-electron chi connectivity index (χ2n) is 8.32. The van der Waals surface area contributed by atoms with Crippen LogP contribution in [0.4, 0.5) is 5.82 Å². The summed E-state index contributed by atoms with van der Waals surface area (Å²) < 4.78 is 2.21. The molecule has 0 radical (unpaired) electrons. The average molecular weight is 441 g/mol. The molecule has 0 saturated heterocycles. The normalized spacial score (nSPS) is 18.3. The lowest BCUT2D eigenvalue weighted by molar-refractivity contribution is -0.118. The van der Waals surface area contributed by atoms with Crippen molar-refractivity contribution in [1.29, 1.82) is 0 Å². The zero-order chi connectivity index (χ0) is 21.7. The van der Waals surface area contributed by atoms with Gasteiger partial charge in [0.2, 0.25) is 5.91 Å². The van der Waals surface area contributed by atoms with Gasteiger partial charge in [0.25, 0.3) is 0 Å². The van der Waals surface area contributed by atoms with Crippen LogP contribution >= 0.6 is 11.6 Å². The Hall–Kier alpha value is -3.44. The summed E-state index contributed by atoms with van der Waals surface area (Å²) in [6, 6.07) is 20.3. The summed E-state index contributed by atoms with van der Waals surface area (Å²) in [5, 5.41) is 0.692. The Morgan fingerprint density at radius 2 is 1.84 bits per heavy atom. The number of imidazole rings is 1. The zero-order valence-electron chi connectivity index (χ0n) is 17.4. The zero-order valence-corrected chi connectivity index (χ0v) is 18.2. The number of halogens is 1. The van der Waals surface area contributed by atoms with Crippen LogP contribution in [0.5, 0.6) is 0 Å². The number of benzene rings is 2. The molecular formula is C26H21ClN4O. The van der Waals surface area contributed by atoms with Crippen LogP contribution in [0.15, 0.2) is 79.3 Å². The number of aromatic nitrogens is 3. The maximum atomic E-state index is 13.4. The molecule has 2 aromatic carbocycles. The third kappa shape index (κ3) is 2.74. The summed E-state index contributed by atoms with van der Waals surface area (Å²) >= 11 is 6.22. The first-order valence-corrected chi connectivity index (χ1v) is 11.2. The molecule has 0 saturated carbocycles. The van der Waals surface area contributed by atoms with Crippen molar-refractivity contribution in [2.45, 2.75) is 24.8 Å². The van der Waals surface area contributed by atoms with Crippen LogP contribution in [-0.4, -0.2) is 27.0 Å². The van der Waals surface area contributed by atoms with Crippen molar-refractivity contribution in [3.8, 4) is 11.4 Å². The SMILES string of the molecule is O=C(CCC1(c2ccc(Cl)cc2)c2ccccc2-c2nccn21)N1CCc2cccnc21. The summed E-state index contributed by atoms with van der Waals surface area (Å²) in [5.74, 6) is 1.83. The van der Waals surface area contributed by atoms with Crippen LogP contribution < -0.4 is 4.90 Å². The highest BCUT2D eigenvalue weighted by Gasteiger charge is 2.45. The van der Waals surface area contributed by atoms with Crippen molar-refractivity contribution in [1.82, 2.24) is 14.5 Å². The molecule has 5 nitrogen and oxygen atoms in total. The van der Waals surface area contributed by atoms with E-state index < -0.39 is 5.54 Å². The number of fused-ring (bicyclic) bond motifs is 4. The lowest BCUT2D eigenvalue weighted by Crippen LogP contribution is -2.36. The van der Waals surface area contributed by atoms with Crippen molar-refractivity contribution < 1.29 is 4.79 Å². The summed E-state index contributed by atoms with van der Waals surface area (Å²) in [4.78, 5) is 24.3. The Labute approximate surface area is 191 Å².